The van der Waals surface area contributed by atoms with Crippen molar-refractivity contribution in [3.05, 3.63) is 28.8 Å². The zero-order chi connectivity index (χ0) is 16.0. The maximum atomic E-state index is 6.39. The highest BCUT2D eigenvalue weighted by Crippen LogP contribution is 2.28. The summed E-state index contributed by atoms with van der Waals surface area (Å²) < 4.78 is 0. The number of hydrogen-bond donors (Lipinski definition) is 1. The standard InChI is InChI=1S/C18H31ClN2/c1-13(2)8-10-21(11-9-14(3)4)16-6-7-17(15(5)20)18(19)12-16/h6-7,12-15H,8-11,20H2,1-5H3. The topological polar surface area (TPSA) is 29.3 Å². The summed E-state index contributed by atoms with van der Waals surface area (Å²) in [7, 11) is 0. The zero-order valence-electron chi connectivity index (χ0n) is 14.2. The first-order valence-corrected chi connectivity index (χ1v) is 8.49. The van der Waals surface area contributed by atoms with Crippen LogP contribution in [0.4, 0.5) is 5.69 Å². The van der Waals surface area contributed by atoms with Crippen molar-refractivity contribution in [1.82, 2.24) is 0 Å². The van der Waals surface area contributed by atoms with E-state index in [4.69, 9.17) is 17.3 Å². The molecule has 0 heterocycles. The molecule has 2 N–H and O–H groups in total. The van der Waals surface area contributed by atoms with Crippen molar-refractivity contribution in [2.24, 2.45) is 17.6 Å². The van der Waals surface area contributed by atoms with Crippen molar-refractivity contribution in [1.29, 1.82) is 0 Å². The third-order valence-corrected chi connectivity index (χ3v) is 4.12. The molecule has 0 bridgehead atoms. The van der Waals surface area contributed by atoms with Gasteiger partial charge in [0.1, 0.15) is 0 Å². The third-order valence-electron chi connectivity index (χ3n) is 3.79. The Morgan fingerprint density at radius 3 is 1.90 bits per heavy atom. The van der Waals surface area contributed by atoms with Gasteiger partial charge in [0.05, 0.1) is 0 Å². The van der Waals surface area contributed by atoms with Gasteiger partial charge in [-0.3, -0.25) is 0 Å². The molecule has 1 unspecified atom stereocenters. The van der Waals surface area contributed by atoms with Gasteiger partial charge in [-0.25, -0.2) is 0 Å². The molecule has 0 saturated heterocycles. The maximum absolute atomic E-state index is 6.39. The Balaban J connectivity index is 2.88. The first-order valence-electron chi connectivity index (χ1n) is 8.11. The van der Waals surface area contributed by atoms with Crippen molar-refractivity contribution in [2.75, 3.05) is 18.0 Å². The summed E-state index contributed by atoms with van der Waals surface area (Å²) in [6.07, 6.45) is 2.40. The van der Waals surface area contributed by atoms with Crippen LogP contribution >= 0.6 is 11.6 Å². The zero-order valence-corrected chi connectivity index (χ0v) is 15.0. The molecule has 21 heavy (non-hydrogen) atoms. The van der Waals surface area contributed by atoms with E-state index in [0.29, 0.717) is 11.8 Å². The fourth-order valence-corrected chi connectivity index (χ4v) is 2.63. The van der Waals surface area contributed by atoms with Crippen LogP contribution in [0.25, 0.3) is 0 Å². The summed E-state index contributed by atoms with van der Waals surface area (Å²) in [4.78, 5) is 2.46. The first-order chi connectivity index (χ1) is 9.81. The summed E-state index contributed by atoms with van der Waals surface area (Å²) >= 11 is 6.39. The molecule has 1 rings (SSSR count). The van der Waals surface area contributed by atoms with Crippen LogP contribution in [0.15, 0.2) is 18.2 Å². The third kappa shape index (κ3) is 6.27. The van der Waals surface area contributed by atoms with Crippen LogP contribution in [-0.4, -0.2) is 13.1 Å². The second-order valence-electron chi connectivity index (χ2n) is 6.85. The molecule has 1 aromatic carbocycles. The van der Waals surface area contributed by atoms with Crippen LogP contribution in [-0.2, 0) is 0 Å². The van der Waals surface area contributed by atoms with E-state index >= 15 is 0 Å². The molecule has 3 heteroatoms. The molecule has 1 atom stereocenters. The van der Waals surface area contributed by atoms with E-state index in [2.05, 4.69) is 50.8 Å². The lowest BCUT2D eigenvalue weighted by molar-refractivity contribution is 0.535. The Bertz CT molecular complexity index is 415. The molecule has 0 spiro atoms. The Morgan fingerprint density at radius 1 is 1.00 bits per heavy atom. The molecule has 0 aliphatic heterocycles. The number of rotatable bonds is 8. The molecule has 0 radical (unpaired) electrons. The van der Waals surface area contributed by atoms with Gasteiger partial charge in [0.25, 0.3) is 0 Å². The summed E-state index contributed by atoms with van der Waals surface area (Å²) in [5.74, 6) is 1.43. The Hall–Kier alpha value is -0.730. The van der Waals surface area contributed by atoms with Crippen molar-refractivity contribution >= 4 is 17.3 Å². The number of hydrogen-bond acceptors (Lipinski definition) is 2. The second-order valence-corrected chi connectivity index (χ2v) is 7.25. The van der Waals surface area contributed by atoms with E-state index < -0.39 is 0 Å². The Kier molecular flexibility index (Phi) is 7.55. The largest absolute Gasteiger partial charge is 0.371 e. The summed E-state index contributed by atoms with van der Waals surface area (Å²) in [6.45, 7) is 13.2. The summed E-state index contributed by atoms with van der Waals surface area (Å²) in [6, 6.07) is 6.28. The van der Waals surface area contributed by atoms with Gasteiger partial charge in [-0.15, -0.1) is 0 Å². The average Bonchev–Trinajstić information content (AvgIpc) is 2.37. The highest BCUT2D eigenvalue weighted by molar-refractivity contribution is 6.31. The van der Waals surface area contributed by atoms with Crippen molar-refractivity contribution in [2.45, 2.75) is 53.5 Å². The van der Waals surface area contributed by atoms with Crippen molar-refractivity contribution in [3.63, 3.8) is 0 Å². The van der Waals surface area contributed by atoms with Crippen LogP contribution in [0.2, 0.25) is 5.02 Å². The van der Waals surface area contributed by atoms with E-state index in [-0.39, 0.29) is 6.04 Å². The van der Waals surface area contributed by atoms with E-state index in [1.165, 1.54) is 18.5 Å². The molecule has 0 aliphatic rings. The lowest BCUT2D eigenvalue weighted by Crippen LogP contribution is -2.27. The number of nitrogens with two attached hydrogens (primary N) is 1. The summed E-state index contributed by atoms with van der Waals surface area (Å²) in [5.41, 5.74) is 8.17. The molecule has 0 aromatic heterocycles. The van der Waals surface area contributed by atoms with Crippen molar-refractivity contribution < 1.29 is 0 Å². The monoisotopic (exact) mass is 310 g/mol. The van der Waals surface area contributed by atoms with Gasteiger partial charge < -0.3 is 10.6 Å². The highest BCUT2D eigenvalue weighted by Gasteiger charge is 2.12. The number of halogens is 1. The predicted octanol–water partition coefficient (Wildman–Crippen LogP) is 5.26. The van der Waals surface area contributed by atoms with Crippen LogP contribution in [0.5, 0.6) is 0 Å². The van der Waals surface area contributed by atoms with Crippen LogP contribution in [0.3, 0.4) is 0 Å². The van der Waals surface area contributed by atoms with Gasteiger partial charge in [-0.1, -0.05) is 45.4 Å². The molecule has 2 nitrogen and oxygen atoms in total. The van der Waals surface area contributed by atoms with Gasteiger partial charge in [0.2, 0.25) is 0 Å². The van der Waals surface area contributed by atoms with E-state index in [1.54, 1.807) is 0 Å². The lowest BCUT2D eigenvalue weighted by atomic mass is 10.1. The molecule has 0 aliphatic carbocycles. The van der Waals surface area contributed by atoms with Crippen LogP contribution in [0.1, 0.15) is 59.1 Å². The maximum Gasteiger partial charge on any atom is 0.0474 e. The molecule has 120 valence electrons. The van der Waals surface area contributed by atoms with Crippen LogP contribution in [0, 0.1) is 11.8 Å². The first kappa shape index (κ1) is 18.3. The lowest BCUT2D eigenvalue weighted by Gasteiger charge is -2.27. The Labute approximate surface area is 135 Å². The van der Waals surface area contributed by atoms with Gasteiger partial charge in [0.15, 0.2) is 0 Å². The van der Waals surface area contributed by atoms with Gasteiger partial charge in [-0.05, 0) is 49.3 Å². The fraction of sp³-hybridized carbons (Fsp3) is 0.667. The molecule has 1 aromatic rings. The molecular weight excluding hydrogens is 280 g/mol. The number of anilines is 1. The fourth-order valence-electron chi connectivity index (χ4n) is 2.28. The second kappa shape index (κ2) is 8.65. The van der Waals surface area contributed by atoms with Crippen LogP contribution < -0.4 is 10.6 Å². The smallest absolute Gasteiger partial charge is 0.0474 e. The molecule has 0 amide bonds. The number of nitrogens with zero attached hydrogens (tertiary/aromatic N) is 1. The quantitative estimate of drug-likeness (QED) is 0.709. The molecule has 0 fully saturated rings. The van der Waals surface area contributed by atoms with Gasteiger partial charge in [-0.2, -0.15) is 0 Å². The number of benzene rings is 1. The minimum absolute atomic E-state index is 0.0219. The van der Waals surface area contributed by atoms with E-state index in [0.717, 1.165) is 23.7 Å². The molecular formula is C18H31ClN2. The van der Waals surface area contributed by atoms with Gasteiger partial charge >= 0.3 is 0 Å². The predicted molar refractivity (Wildman–Crippen MR) is 95.2 cm³/mol. The highest BCUT2D eigenvalue weighted by atomic mass is 35.5. The van der Waals surface area contributed by atoms with E-state index in [9.17, 15) is 0 Å². The minimum atomic E-state index is -0.0219. The average molecular weight is 311 g/mol. The molecule has 0 saturated carbocycles. The Morgan fingerprint density at radius 2 is 1.52 bits per heavy atom. The van der Waals surface area contributed by atoms with E-state index in [1.807, 2.05) is 6.92 Å². The van der Waals surface area contributed by atoms with Crippen molar-refractivity contribution in [3.8, 4) is 0 Å². The van der Waals surface area contributed by atoms with Gasteiger partial charge in [0, 0.05) is 29.8 Å². The summed E-state index contributed by atoms with van der Waals surface area (Å²) in [5, 5.41) is 0.779. The normalized spacial score (nSPS) is 13.0. The minimum Gasteiger partial charge on any atom is -0.371 e. The SMILES string of the molecule is CC(C)CCN(CCC(C)C)c1ccc(C(C)N)c(Cl)c1.